The molecule has 1 rings (SSSR count). The summed E-state index contributed by atoms with van der Waals surface area (Å²) in [5.41, 5.74) is 5.91. The summed E-state index contributed by atoms with van der Waals surface area (Å²) in [5, 5.41) is 0. The molecular formula is C11H25ClN2O. The van der Waals surface area contributed by atoms with Gasteiger partial charge in [0.1, 0.15) is 0 Å². The van der Waals surface area contributed by atoms with Crippen LogP contribution in [0.15, 0.2) is 0 Å². The minimum absolute atomic E-state index is 0. The maximum atomic E-state index is 6.01. The normalized spacial score (nSPS) is 28.6. The number of nitrogens with zero attached hydrogens (tertiary/aromatic N) is 1. The zero-order valence-electron chi connectivity index (χ0n) is 10.3. The second kappa shape index (κ2) is 6.04. The van der Waals surface area contributed by atoms with Gasteiger partial charge in [0.25, 0.3) is 0 Å². The number of halogens is 1. The molecule has 1 aliphatic heterocycles. The van der Waals surface area contributed by atoms with E-state index in [1.165, 1.54) is 6.42 Å². The number of likely N-dealkylation sites (tertiary alicyclic amines) is 1. The van der Waals surface area contributed by atoms with Crippen LogP contribution in [-0.2, 0) is 4.74 Å². The number of ether oxygens (including phenoxy) is 1. The molecular weight excluding hydrogens is 212 g/mol. The Bertz CT molecular complexity index is 182. The van der Waals surface area contributed by atoms with Gasteiger partial charge < -0.3 is 10.5 Å². The van der Waals surface area contributed by atoms with Crippen LogP contribution in [0.1, 0.15) is 27.2 Å². The lowest BCUT2D eigenvalue weighted by Gasteiger charge is -2.39. The predicted molar refractivity (Wildman–Crippen MR) is 66.5 cm³/mol. The van der Waals surface area contributed by atoms with Gasteiger partial charge in [0.15, 0.2) is 0 Å². The predicted octanol–water partition coefficient (Wildman–Crippen LogP) is 1.50. The Labute approximate surface area is 99.7 Å². The Morgan fingerprint density at radius 3 is 2.53 bits per heavy atom. The molecule has 3 nitrogen and oxygen atoms in total. The number of methoxy groups -OCH3 is 1. The monoisotopic (exact) mass is 236 g/mol. The average Bonchev–Trinajstić information content (AvgIpc) is 2.06. The Morgan fingerprint density at radius 2 is 2.07 bits per heavy atom. The molecule has 0 aliphatic carbocycles. The van der Waals surface area contributed by atoms with Gasteiger partial charge >= 0.3 is 0 Å². The molecule has 4 heteroatoms. The molecule has 2 unspecified atom stereocenters. The van der Waals surface area contributed by atoms with Crippen LogP contribution >= 0.6 is 12.4 Å². The second-order valence-corrected chi connectivity index (χ2v) is 5.26. The van der Waals surface area contributed by atoms with E-state index >= 15 is 0 Å². The zero-order valence-corrected chi connectivity index (χ0v) is 11.1. The zero-order chi connectivity index (χ0) is 10.8. The first-order valence-corrected chi connectivity index (χ1v) is 5.46. The largest absolute Gasteiger partial charge is 0.380 e. The summed E-state index contributed by atoms with van der Waals surface area (Å²) < 4.78 is 5.47. The summed E-state index contributed by atoms with van der Waals surface area (Å²) in [7, 11) is 1.80. The summed E-state index contributed by atoms with van der Waals surface area (Å²) >= 11 is 0. The highest BCUT2D eigenvalue weighted by Gasteiger charge is 2.28. The highest BCUT2D eigenvalue weighted by atomic mass is 35.5. The van der Waals surface area contributed by atoms with Crippen molar-refractivity contribution in [1.82, 2.24) is 4.90 Å². The molecule has 1 saturated heterocycles. The smallest absolute Gasteiger partial charge is 0.0724 e. The van der Waals surface area contributed by atoms with E-state index in [0.29, 0.717) is 12.0 Å². The van der Waals surface area contributed by atoms with E-state index in [9.17, 15) is 0 Å². The molecule has 0 bridgehead atoms. The first-order chi connectivity index (χ1) is 6.42. The van der Waals surface area contributed by atoms with E-state index in [2.05, 4.69) is 25.7 Å². The van der Waals surface area contributed by atoms with E-state index < -0.39 is 0 Å². The van der Waals surface area contributed by atoms with Gasteiger partial charge in [-0.15, -0.1) is 12.4 Å². The summed E-state index contributed by atoms with van der Waals surface area (Å²) in [6, 6.07) is 0. The van der Waals surface area contributed by atoms with Crippen molar-refractivity contribution in [3.8, 4) is 0 Å². The van der Waals surface area contributed by atoms with Crippen molar-refractivity contribution in [3.63, 3.8) is 0 Å². The Balaban J connectivity index is 0.00000196. The molecule has 0 aromatic heterocycles. The van der Waals surface area contributed by atoms with Crippen LogP contribution in [0.4, 0.5) is 0 Å². The number of nitrogens with two attached hydrogens (primary N) is 1. The average molecular weight is 237 g/mol. The van der Waals surface area contributed by atoms with E-state index in [4.69, 9.17) is 10.5 Å². The quantitative estimate of drug-likeness (QED) is 0.807. The highest BCUT2D eigenvalue weighted by Crippen LogP contribution is 2.20. The first-order valence-electron chi connectivity index (χ1n) is 5.46. The third-order valence-corrected chi connectivity index (χ3v) is 2.91. The molecule has 92 valence electrons. The van der Waals surface area contributed by atoms with Crippen molar-refractivity contribution in [2.45, 2.75) is 38.8 Å². The van der Waals surface area contributed by atoms with Crippen molar-refractivity contribution in [3.05, 3.63) is 0 Å². The Kier molecular flexibility index (Phi) is 6.11. The number of piperidine rings is 1. The molecule has 0 aromatic rings. The molecule has 0 amide bonds. The van der Waals surface area contributed by atoms with E-state index in [0.717, 1.165) is 19.6 Å². The molecule has 15 heavy (non-hydrogen) atoms. The van der Waals surface area contributed by atoms with Crippen molar-refractivity contribution in [2.24, 2.45) is 11.7 Å². The molecule has 2 N–H and O–H groups in total. The third kappa shape index (κ3) is 5.16. The van der Waals surface area contributed by atoms with Gasteiger partial charge in [-0.3, -0.25) is 4.90 Å². The van der Waals surface area contributed by atoms with Gasteiger partial charge in [-0.2, -0.15) is 0 Å². The molecule has 0 aromatic carbocycles. The molecule has 1 fully saturated rings. The summed E-state index contributed by atoms with van der Waals surface area (Å²) in [5.74, 6) is 0.678. The maximum Gasteiger partial charge on any atom is 0.0724 e. The molecule has 1 heterocycles. The van der Waals surface area contributed by atoms with Crippen molar-refractivity contribution in [2.75, 3.05) is 26.7 Å². The van der Waals surface area contributed by atoms with Crippen molar-refractivity contribution < 1.29 is 4.74 Å². The molecule has 1 aliphatic rings. The minimum atomic E-state index is -0.0983. The third-order valence-electron chi connectivity index (χ3n) is 2.91. The number of hydrogen-bond donors (Lipinski definition) is 1. The highest BCUT2D eigenvalue weighted by molar-refractivity contribution is 5.85. The second-order valence-electron chi connectivity index (χ2n) is 5.26. The Morgan fingerprint density at radius 1 is 1.47 bits per heavy atom. The maximum absolute atomic E-state index is 6.01. The van der Waals surface area contributed by atoms with Crippen LogP contribution < -0.4 is 5.73 Å². The van der Waals surface area contributed by atoms with Crippen molar-refractivity contribution in [1.29, 1.82) is 0 Å². The summed E-state index contributed by atoms with van der Waals surface area (Å²) in [6.07, 6.45) is 1.60. The molecule has 0 saturated carbocycles. The SMILES string of the molecule is COC1CN(CC(C)(C)N)CCC1C.Cl. The molecule has 2 atom stereocenters. The number of rotatable bonds is 3. The number of hydrogen-bond acceptors (Lipinski definition) is 3. The van der Waals surface area contributed by atoms with Gasteiger partial charge in [0.05, 0.1) is 6.10 Å². The van der Waals surface area contributed by atoms with Gasteiger partial charge in [-0.05, 0) is 32.7 Å². The van der Waals surface area contributed by atoms with E-state index in [-0.39, 0.29) is 17.9 Å². The molecule has 0 radical (unpaired) electrons. The van der Waals surface area contributed by atoms with Crippen LogP contribution in [0.25, 0.3) is 0 Å². The van der Waals surface area contributed by atoms with Crippen molar-refractivity contribution >= 4 is 12.4 Å². The van der Waals surface area contributed by atoms with Crippen LogP contribution in [0.3, 0.4) is 0 Å². The van der Waals surface area contributed by atoms with Crippen LogP contribution in [0.2, 0.25) is 0 Å². The fourth-order valence-electron chi connectivity index (χ4n) is 2.12. The van der Waals surface area contributed by atoms with Crippen LogP contribution in [0.5, 0.6) is 0 Å². The van der Waals surface area contributed by atoms with Gasteiger partial charge in [-0.25, -0.2) is 0 Å². The summed E-state index contributed by atoms with van der Waals surface area (Å²) in [6.45, 7) is 9.55. The van der Waals surface area contributed by atoms with Crippen LogP contribution in [-0.4, -0.2) is 43.3 Å². The van der Waals surface area contributed by atoms with Gasteiger partial charge in [0.2, 0.25) is 0 Å². The fourth-order valence-corrected chi connectivity index (χ4v) is 2.12. The standard InChI is InChI=1S/C11H24N2O.ClH/c1-9-5-6-13(7-10(9)14-4)8-11(2,3)12;/h9-10H,5-8,12H2,1-4H3;1H. The van der Waals surface area contributed by atoms with Gasteiger partial charge in [0, 0.05) is 25.7 Å². The topological polar surface area (TPSA) is 38.5 Å². The van der Waals surface area contributed by atoms with Gasteiger partial charge in [-0.1, -0.05) is 6.92 Å². The Hall–Kier alpha value is 0.170. The minimum Gasteiger partial charge on any atom is -0.380 e. The summed E-state index contributed by atoms with van der Waals surface area (Å²) in [4.78, 5) is 2.41. The van der Waals surface area contributed by atoms with Crippen LogP contribution in [0, 0.1) is 5.92 Å². The fraction of sp³-hybridized carbons (Fsp3) is 1.00. The van der Waals surface area contributed by atoms with E-state index in [1.807, 2.05) is 0 Å². The lowest BCUT2D eigenvalue weighted by atomic mass is 9.94. The van der Waals surface area contributed by atoms with E-state index in [1.54, 1.807) is 7.11 Å². The lowest BCUT2D eigenvalue weighted by molar-refractivity contribution is -0.00943. The first kappa shape index (κ1) is 15.2. The lowest BCUT2D eigenvalue weighted by Crippen LogP contribution is -2.51. The molecule has 0 spiro atoms.